The fraction of sp³-hybridized carbons (Fsp3) is 0.214. The Morgan fingerprint density at radius 2 is 1.73 bits per heavy atom. The van der Waals surface area contributed by atoms with Crippen LogP contribution in [-0.4, -0.2) is 30.0 Å². The number of anilines is 2. The van der Waals surface area contributed by atoms with Crippen molar-refractivity contribution in [3.63, 3.8) is 0 Å². The van der Waals surface area contributed by atoms with Crippen LogP contribution in [0.3, 0.4) is 0 Å². The van der Waals surface area contributed by atoms with Crippen LogP contribution in [0.4, 0.5) is 24.8 Å². The number of carbonyl (C=O) groups excluding carboxylic acids is 1. The van der Waals surface area contributed by atoms with Crippen LogP contribution in [0.5, 0.6) is 0 Å². The van der Waals surface area contributed by atoms with Crippen LogP contribution < -0.4 is 10.2 Å². The molecule has 1 N–H and O–H groups in total. The Kier molecular flexibility index (Phi) is 4.30. The molecule has 0 spiro atoms. The molecule has 2 rings (SSSR count). The van der Waals surface area contributed by atoms with E-state index in [1.807, 2.05) is 0 Å². The van der Waals surface area contributed by atoms with Gasteiger partial charge in [-0.3, -0.25) is 4.79 Å². The van der Waals surface area contributed by atoms with E-state index < -0.39 is 23.2 Å². The second-order valence-electron chi connectivity index (χ2n) is 4.66. The van der Waals surface area contributed by atoms with E-state index in [9.17, 15) is 18.0 Å². The molecule has 116 valence electrons. The van der Waals surface area contributed by atoms with E-state index in [2.05, 4.69) is 15.3 Å². The van der Waals surface area contributed by atoms with Gasteiger partial charge in [0.15, 0.2) is 0 Å². The number of hydrogen-bond donors (Lipinski definition) is 1. The molecule has 5 nitrogen and oxygen atoms in total. The fourth-order valence-corrected chi connectivity index (χ4v) is 1.74. The van der Waals surface area contributed by atoms with Crippen molar-refractivity contribution in [1.29, 1.82) is 0 Å². The number of alkyl halides is 3. The molecule has 0 saturated carbocycles. The minimum Gasteiger partial charge on any atom is -0.347 e. The lowest BCUT2D eigenvalue weighted by molar-refractivity contribution is -0.137. The van der Waals surface area contributed by atoms with E-state index >= 15 is 0 Å². The predicted octanol–water partition coefficient (Wildman–Crippen LogP) is 2.81. The van der Waals surface area contributed by atoms with Crippen LogP contribution in [0.2, 0.25) is 0 Å². The standard InChI is InChI=1S/C14H13F3N4O/c1-21(2)13-18-7-9(8-19-13)20-12(22)10-5-3-4-6-11(10)14(15,16)17/h3-8H,1-2H3,(H,20,22). The summed E-state index contributed by atoms with van der Waals surface area (Å²) < 4.78 is 38.6. The van der Waals surface area contributed by atoms with E-state index in [-0.39, 0.29) is 5.69 Å². The molecule has 22 heavy (non-hydrogen) atoms. The van der Waals surface area contributed by atoms with Crippen molar-refractivity contribution >= 4 is 17.5 Å². The lowest BCUT2D eigenvalue weighted by atomic mass is 10.1. The Bertz CT molecular complexity index is 669. The number of carbonyl (C=O) groups is 1. The quantitative estimate of drug-likeness (QED) is 0.947. The van der Waals surface area contributed by atoms with Gasteiger partial charge in [-0.2, -0.15) is 13.2 Å². The number of rotatable bonds is 3. The van der Waals surface area contributed by atoms with Gasteiger partial charge in [0.1, 0.15) is 0 Å². The first-order valence-corrected chi connectivity index (χ1v) is 6.26. The molecule has 0 fully saturated rings. The zero-order valence-electron chi connectivity index (χ0n) is 11.8. The molecule has 1 aromatic heterocycles. The summed E-state index contributed by atoms with van der Waals surface area (Å²) >= 11 is 0. The second kappa shape index (κ2) is 6.00. The molecule has 0 atom stereocenters. The first kappa shape index (κ1) is 15.7. The van der Waals surface area contributed by atoms with Gasteiger partial charge in [0.2, 0.25) is 5.95 Å². The Labute approximate surface area is 124 Å². The molecule has 0 unspecified atom stereocenters. The van der Waals surface area contributed by atoms with Crippen molar-refractivity contribution in [2.45, 2.75) is 6.18 Å². The smallest absolute Gasteiger partial charge is 0.347 e. The van der Waals surface area contributed by atoms with Crippen molar-refractivity contribution in [1.82, 2.24) is 9.97 Å². The summed E-state index contributed by atoms with van der Waals surface area (Å²) in [5.74, 6) is -0.442. The van der Waals surface area contributed by atoms with Crippen molar-refractivity contribution in [2.75, 3.05) is 24.3 Å². The monoisotopic (exact) mass is 310 g/mol. The van der Waals surface area contributed by atoms with Crippen LogP contribution in [0, 0.1) is 0 Å². The fourth-order valence-electron chi connectivity index (χ4n) is 1.74. The summed E-state index contributed by atoms with van der Waals surface area (Å²) in [7, 11) is 3.49. The number of nitrogens with zero attached hydrogens (tertiary/aromatic N) is 3. The van der Waals surface area contributed by atoms with Crippen LogP contribution in [0.25, 0.3) is 0 Å². The van der Waals surface area contributed by atoms with Crippen LogP contribution >= 0.6 is 0 Å². The molecule has 0 radical (unpaired) electrons. The number of halogens is 3. The molecule has 0 saturated heterocycles. The minimum absolute atomic E-state index is 0.215. The summed E-state index contributed by atoms with van der Waals surface area (Å²) in [6.45, 7) is 0. The molecular formula is C14H13F3N4O. The third kappa shape index (κ3) is 3.51. The lowest BCUT2D eigenvalue weighted by Gasteiger charge is -2.13. The van der Waals surface area contributed by atoms with Gasteiger partial charge in [-0.05, 0) is 12.1 Å². The van der Waals surface area contributed by atoms with Crippen LogP contribution in [-0.2, 0) is 6.18 Å². The average Bonchev–Trinajstić information content (AvgIpc) is 2.47. The number of hydrogen-bond acceptors (Lipinski definition) is 4. The lowest BCUT2D eigenvalue weighted by Crippen LogP contribution is -2.19. The number of amides is 1. The van der Waals surface area contributed by atoms with Gasteiger partial charge in [-0.15, -0.1) is 0 Å². The SMILES string of the molecule is CN(C)c1ncc(NC(=O)c2ccccc2C(F)(F)F)cn1. The van der Waals surface area contributed by atoms with Gasteiger partial charge in [0.05, 0.1) is 29.2 Å². The molecule has 0 bridgehead atoms. The summed E-state index contributed by atoms with van der Waals surface area (Å²) in [5, 5.41) is 2.35. The highest BCUT2D eigenvalue weighted by atomic mass is 19.4. The van der Waals surface area contributed by atoms with Crippen molar-refractivity contribution in [2.24, 2.45) is 0 Å². The third-order valence-electron chi connectivity index (χ3n) is 2.77. The highest BCUT2D eigenvalue weighted by molar-refractivity contribution is 6.05. The van der Waals surface area contributed by atoms with Gasteiger partial charge in [-0.25, -0.2) is 9.97 Å². The largest absolute Gasteiger partial charge is 0.417 e. The number of aromatic nitrogens is 2. The Morgan fingerprint density at radius 1 is 1.14 bits per heavy atom. The molecule has 8 heteroatoms. The maximum Gasteiger partial charge on any atom is 0.417 e. The zero-order valence-corrected chi connectivity index (χ0v) is 11.8. The maximum atomic E-state index is 12.9. The van der Waals surface area contributed by atoms with Gasteiger partial charge in [0, 0.05) is 14.1 Å². The topological polar surface area (TPSA) is 58.1 Å². The van der Waals surface area contributed by atoms with Gasteiger partial charge < -0.3 is 10.2 Å². The first-order chi connectivity index (χ1) is 10.3. The third-order valence-corrected chi connectivity index (χ3v) is 2.77. The molecular weight excluding hydrogens is 297 g/mol. The van der Waals surface area contributed by atoms with Crippen molar-refractivity contribution < 1.29 is 18.0 Å². The summed E-state index contributed by atoms with van der Waals surface area (Å²) in [6.07, 6.45) is -1.94. The number of benzene rings is 1. The van der Waals surface area contributed by atoms with Gasteiger partial charge in [0.25, 0.3) is 5.91 Å². The second-order valence-corrected chi connectivity index (χ2v) is 4.66. The van der Waals surface area contributed by atoms with E-state index in [1.54, 1.807) is 19.0 Å². The molecule has 0 aliphatic rings. The summed E-state index contributed by atoms with van der Waals surface area (Å²) in [6, 6.07) is 4.58. The number of nitrogens with one attached hydrogen (secondary N) is 1. The minimum atomic E-state index is -4.60. The highest BCUT2D eigenvalue weighted by Gasteiger charge is 2.34. The maximum absolute atomic E-state index is 12.9. The first-order valence-electron chi connectivity index (χ1n) is 6.26. The van der Waals surface area contributed by atoms with E-state index in [0.717, 1.165) is 12.1 Å². The highest BCUT2D eigenvalue weighted by Crippen LogP contribution is 2.32. The van der Waals surface area contributed by atoms with Crippen LogP contribution in [0.15, 0.2) is 36.7 Å². The van der Waals surface area contributed by atoms with Crippen LogP contribution in [0.1, 0.15) is 15.9 Å². The Hall–Kier alpha value is -2.64. The normalized spacial score (nSPS) is 11.1. The molecule has 1 heterocycles. The van der Waals surface area contributed by atoms with Crippen molar-refractivity contribution in [3.8, 4) is 0 Å². The van der Waals surface area contributed by atoms with E-state index in [1.165, 1.54) is 24.5 Å². The molecule has 0 aliphatic heterocycles. The van der Waals surface area contributed by atoms with Crippen molar-refractivity contribution in [3.05, 3.63) is 47.8 Å². The molecule has 0 aliphatic carbocycles. The molecule has 1 amide bonds. The van der Waals surface area contributed by atoms with Gasteiger partial charge in [-0.1, -0.05) is 12.1 Å². The van der Waals surface area contributed by atoms with E-state index in [4.69, 9.17) is 0 Å². The van der Waals surface area contributed by atoms with Gasteiger partial charge >= 0.3 is 6.18 Å². The molecule has 1 aromatic carbocycles. The predicted molar refractivity (Wildman–Crippen MR) is 75.8 cm³/mol. The molecule has 2 aromatic rings. The summed E-state index contributed by atoms with van der Waals surface area (Å²) in [4.78, 5) is 21.6. The van der Waals surface area contributed by atoms with E-state index in [0.29, 0.717) is 5.95 Å². The summed E-state index contributed by atoms with van der Waals surface area (Å²) in [5.41, 5.74) is -1.22. The zero-order chi connectivity index (χ0) is 16.3. The Balaban J connectivity index is 2.23. The average molecular weight is 310 g/mol. The Morgan fingerprint density at radius 3 is 2.27 bits per heavy atom.